The van der Waals surface area contributed by atoms with Gasteiger partial charge >= 0.3 is 0 Å². The molecule has 3 rings (SSSR count). The molecule has 1 N–H and O–H groups in total. The lowest BCUT2D eigenvalue weighted by molar-refractivity contribution is 0.517. The van der Waals surface area contributed by atoms with Crippen LogP contribution in [-0.2, 0) is 0 Å². The van der Waals surface area contributed by atoms with Crippen molar-refractivity contribution in [2.24, 2.45) is 0 Å². The zero-order valence-electron chi connectivity index (χ0n) is 12.5. The molecule has 22 heavy (non-hydrogen) atoms. The van der Waals surface area contributed by atoms with E-state index in [0.717, 1.165) is 36.8 Å². The molecule has 1 atom stereocenters. The average Bonchev–Trinajstić information content (AvgIpc) is 2.56. The molecule has 6 heteroatoms. The van der Waals surface area contributed by atoms with Crippen molar-refractivity contribution < 1.29 is 4.39 Å². The Kier molecular flexibility index (Phi) is 4.77. The number of halogens is 1. The molecule has 1 unspecified atom stereocenters. The van der Waals surface area contributed by atoms with Gasteiger partial charge in [-0.1, -0.05) is 12.1 Å². The highest BCUT2D eigenvalue weighted by atomic mass is 32.2. The molecule has 1 aliphatic rings. The molecule has 2 heterocycles. The molecule has 1 aliphatic heterocycles. The zero-order valence-corrected chi connectivity index (χ0v) is 13.3. The summed E-state index contributed by atoms with van der Waals surface area (Å²) in [6, 6.07) is 11.1. The second-order valence-corrected chi connectivity index (χ2v) is 6.17. The number of piperidine rings is 1. The van der Waals surface area contributed by atoms with Crippen LogP contribution in [-0.4, -0.2) is 35.6 Å². The quantitative estimate of drug-likeness (QED) is 0.875. The Balaban J connectivity index is 1.66. The third-order valence-electron chi connectivity index (χ3n) is 3.82. The Morgan fingerprint density at radius 2 is 2.09 bits per heavy atom. The maximum atomic E-state index is 13.9. The third-order valence-corrected chi connectivity index (χ3v) is 4.45. The van der Waals surface area contributed by atoms with Crippen LogP contribution in [0.4, 0.5) is 15.9 Å². The zero-order chi connectivity index (χ0) is 15.4. The fourth-order valence-electron chi connectivity index (χ4n) is 2.74. The van der Waals surface area contributed by atoms with Gasteiger partial charge in [-0.2, -0.15) is 0 Å². The molecule has 0 saturated carbocycles. The standard InChI is InChI=1S/C16H19FN4S/c1-22-16-9-8-15(19-20-16)18-12-5-4-10-21(11-12)14-7-3-2-6-13(14)17/h2-3,6-9,12H,4-5,10-11H2,1H3,(H,18,19). The highest BCUT2D eigenvalue weighted by Crippen LogP contribution is 2.24. The summed E-state index contributed by atoms with van der Waals surface area (Å²) in [7, 11) is 0. The molecular weight excluding hydrogens is 299 g/mol. The van der Waals surface area contributed by atoms with Gasteiger partial charge < -0.3 is 10.2 Å². The minimum Gasteiger partial charge on any atom is -0.367 e. The van der Waals surface area contributed by atoms with Gasteiger partial charge in [-0.3, -0.25) is 0 Å². The van der Waals surface area contributed by atoms with E-state index in [1.807, 2.05) is 30.5 Å². The van der Waals surface area contributed by atoms with Crippen molar-refractivity contribution in [2.75, 3.05) is 29.6 Å². The third kappa shape index (κ3) is 3.50. The summed E-state index contributed by atoms with van der Waals surface area (Å²) in [6.07, 6.45) is 4.06. The van der Waals surface area contributed by atoms with Gasteiger partial charge in [0.05, 0.1) is 5.69 Å². The predicted molar refractivity (Wildman–Crippen MR) is 89.1 cm³/mol. The molecule has 1 aromatic heterocycles. The number of nitrogens with one attached hydrogen (secondary N) is 1. The first-order valence-electron chi connectivity index (χ1n) is 7.40. The first-order chi connectivity index (χ1) is 10.8. The highest BCUT2D eigenvalue weighted by molar-refractivity contribution is 7.98. The van der Waals surface area contributed by atoms with Crippen LogP contribution in [0.2, 0.25) is 0 Å². The van der Waals surface area contributed by atoms with Crippen molar-refractivity contribution in [3.63, 3.8) is 0 Å². The molecule has 116 valence electrons. The lowest BCUT2D eigenvalue weighted by Gasteiger charge is -2.35. The number of thioether (sulfide) groups is 1. The van der Waals surface area contributed by atoms with Crippen LogP contribution >= 0.6 is 11.8 Å². The highest BCUT2D eigenvalue weighted by Gasteiger charge is 2.22. The van der Waals surface area contributed by atoms with E-state index in [4.69, 9.17) is 0 Å². The van der Waals surface area contributed by atoms with Crippen LogP contribution in [0.5, 0.6) is 0 Å². The van der Waals surface area contributed by atoms with Gasteiger partial charge in [-0.15, -0.1) is 22.0 Å². The van der Waals surface area contributed by atoms with Gasteiger partial charge in [0, 0.05) is 19.1 Å². The van der Waals surface area contributed by atoms with Gasteiger partial charge in [-0.25, -0.2) is 4.39 Å². The van der Waals surface area contributed by atoms with Crippen molar-refractivity contribution in [2.45, 2.75) is 23.9 Å². The van der Waals surface area contributed by atoms with Crippen LogP contribution < -0.4 is 10.2 Å². The van der Waals surface area contributed by atoms with E-state index in [1.54, 1.807) is 17.8 Å². The monoisotopic (exact) mass is 318 g/mol. The van der Waals surface area contributed by atoms with E-state index in [0.29, 0.717) is 5.69 Å². The number of nitrogens with zero attached hydrogens (tertiary/aromatic N) is 3. The maximum absolute atomic E-state index is 13.9. The lowest BCUT2D eigenvalue weighted by Crippen LogP contribution is -2.42. The summed E-state index contributed by atoms with van der Waals surface area (Å²) in [5, 5.41) is 12.6. The smallest absolute Gasteiger partial charge is 0.149 e. The van der Waals surface area contributed by atoms with Crippen LogP contribution in [0.25, 0.3) is 0 Å². The van der Waals surface area contributed by atoms with E-state index in [-0.39, 0.29) is 11.9 Å². The van der Waals surface area contributed by atoms with Gasteiger partial charge in [0.1, 0.15) is 16.7 Å². The number of para-hydroxylation sites is 1. The molecule has 0 radical (unpaired) electrons. The van der Waals surface area contributed by atoms with Crippen LogP contribution in [0, 0.1) is 5.82 Å². The van der Waals surface area contributed by atoms with Crippen molar-refractivity contribution in [1.82, 2.24) is 10.2 Å². The van der Waals surface area contributed by atoms with Crippen molar-refractivity contribution in [3.05, 3.63) is 42.2 Å². The molecule has 4 nitrogen and oxygen atoms in total. The first kappa shape index (κ1) is 15.1. The topological polar surface area (TPSA) is 41.0 Å². The SMILES string of the molecule is CSc1ccc(NC2CCCN(c3ccccc3F)C2)nn1. The summed E-state index contributed by atoms with van der Waals surface area (Å²) < 4.78 is 13.9. The summed E-state index contributed by atoms with van der Waals surface area (Å²) in [6.45, 7) is 1.66. The van der Waals surface area contributed by atoms with E-state index in [2.05, 4.69) is 20.4 Å². The summed E-state index contributed by atoms with van der Waals surface area (Å²) >= 11 is 1.57. The molecule has 1 fully saturated rings. The number of benzene rings is 1. The Labute approximate surface area is 134 Å². The van der Waals surface area contributed by atoms with Crippen LogP contribution in [0.3, 0.4) is 0 Å². The maximum Gasteiger partial charge on any atom is 0.149 e. The minimum atomic E-state index is -0.160. The number of aromatic nitrogens is 2. The van der Waals surface area contributed by atoms with E-state index in [1.165, 1.54) is 6.07 Å². The molecule has 0 spiro atoms. The van der Waals surface area contributed by atoms with E-state index in [9.17, 15) is 4.39 Å². The Morgan fingerprint density at radius 1 is 1.23 bits per heavy atom. The van der Waals surface area contributed by atoms with Gasteiger partial charge in [0.25, 0.3) is 0 Å². The van der Waals surface area contributed by atoms with Crippen molar-refractivity contribution >= 4 is 23.3 Å². The molecule has 2 aromatic rings. The predicted octanol–water partition coefficient (Wildman–Crippen LogP) is 3.42. The Morgan fingerprint density at radius 3 is 2.82 bits per heavy atom. The van der Waals surface area contributed by atoms with Crippen LogP contribution in [0.1, 0.15) is 12.8 Å². The molecule has 0 aliphatic carbocycles. The number of rotatable bonds is 4. The molecular formula is C16H19FN4S. The Bertz CT molecular complexity index is 620. The molecule has 0 amide bonds. The fourth-order valence-corrected chi connectivity index (χ4v) is 3.06. The molecule has 0 bridgehead atoms. The number of hydrogen-bond acceptors (Lipinski definition) is 5. The number of hydrogen-bond donors (Lipinski definition) is 1. The molecule has 1 aromatic carbocycles. The van der Waals surface area contributed by atoms with Gasteiger partial charge in [0.15, 0.2) is 0 Å². The van der Waals surface area contributed by atoms with Crippen molar-refractivity contribution in [3.8, 4) is 0 Å². The average molecular weight is 318 g/mol. The lowest BCUT2D eigenvalue weighted by atomic mass is 10.0. The van der Waals surface area contributed by atoms with Gasteiger partial charge in [-0.05, 0) is 43.4 Å². The second kappa shape index (κ2) is 6.96. The number of anilines is 2. The molecule has 1 saturated heterocycles. The summed E-state index contributed by atoms with van der Waals surface area (Å²) in [5.74, 6) is 0.616. The van der Waals surface area contributed by atoms with E-state index >= 15 is 0 Å². The fraction of sp³-hybridized carbons (Fsp3) is 0.375. The first-order valence-corrected chi connectivity index (χ1v) is 8.62. The minimum absolute atomic E-state index is 0.160. The van der Waals surface area contributed by atoms with Crippen molar-refractivity contribution in [1.29, 1.82) is 0 Å². The summed E-state index contributed by atoms with van der Waals surface area (Å²) in [5.41, 5.74) is 0.679. The normalized spacial score (nSPS) is 18.3. The largest absolute Gasteiger partial charge is 0.367 e. The second-order valence-electron chi connectivity index (χ2n) is 5.34. The van der Waals surface area contributed by atoms with Gasteiger partial charge in [0.2, 0.25) is 0 Å². The van der Waals surface area contributed by atoms with E-state index < -0.39 is 0 Å². The Hall–Kier alpha value is -1.82. The summed E-state index contributed by atoms with van der Waals surface area (Å²) in [4.78, 5) is 2.10. The van der Waals surface area contributed by atoms with Crippen LogP contribution in [0.15, 0.2) is 41.4 Å².